The van der Waals surface area contributed by atoms with Crippen molar-refractivity contribution in [3.63, 3.8) is 0 Å². The second-order valence-corrected chi connectivity index (χ2v) is 23.5. The number of esters is 2. The lowest BCUT2D eigenvalue weighted by molar-refractivity contribution is -0.318. The van der Waals surface area contributed by atoms with Crippen LogP contribution < -0.4 is 5.43 Å². The Hall–Kier alpha value is -3.50. The molecule has 4 aliphatic rings. The molecule has 76 heavy (non-hydrogen) atoms. The van der Waals surface area contributed by atoms with E-state index in [1.54, 1.807) is 60.5 Å². The van der Waals surface area contributed by atoms with E-state index < -0.39 is 126 Å². The number of aliphatic hydroxyl groups excluding tert-OH is 1. The van der Waals surface area contributed by atoms with Gasteiger partial charge in [0.15, 0.2) is 24.8 Å². The van der Waals surface area contributed by atoms with Gasteiger partial charge in [-0.2, -0.15) is 0 Å². The zero-order valence-corrected chi connectivity index (χ0v) is 48.4. The number of cyclic esters (lactones) is 1. The number of hydrazine groups is 1. The summed E-state index contributed by atoms with van der Waals surface area (Å²) in [6, 6.07) is 9.26. The normalized spacial score (nSPS) is 39.0. The summed E-state index contributed by atoms with van der Waals surface area (Å²) in [5.41, 5.74) is -0.730. The Bertz CT molecular complexity index is 2010. The van der Waals surface area contributed by atoms with Crippen LogP contribution in [0.4, 0.5) is 4.79 Å². The van der Waals surface area contributed by atoms with Crippen molar-refractivity contribution >= 4 is 23.7 Å². The number of likely N-dealkylation sites (N-methyl/N-ethyl adjacent to an activating group) is 1. The van der Waals surface area contributed by atoms with Crippen molar-refractivity contribution in [1.29, 1.82) is 0 Å². The van der Waals surface area contributed by atoms with Crippen LogP contribution in [0.1, 0.15) is 152 Å². The van der Waals surface area contributed by atoms with Crippen LogP contribution in [-0.4, -0.2) is 168 Å². The highest BCUT2D eigenvalue weighted by Crippen LogP contribution is 2.42. The molecule has 1 saturated carbocycles. The van der Waals surface area contributed by atoms with Gasteiger partial charge in [-0.3, -0.25) is 15.0 Å². The summed E-state index contributed by atoms with van der Waals surface area (Å²) in [7, 11) is 7.01. The Morgan fingerprint density at radius 3 is 2.17 bits per heavy atom. The van der Waals surface area contributed by atoms with Crippen molar-refractivity contribution in [2.45, 2.75) is 238 Å². The molecule has 4 fully saturated rings. The van der Waals surface area contributed by atoms with Crippen molar-refractivity contribution in [3.05, 3.63) is 35.9 Å². The lowest BCUT2D eigenvalue weighted by atomic mass is 9.73. The van der Waals surface area contributed by atoms with E-state index in [1.807, 2.05) is 63.2 Å². The van der Waals surface area contributed by atoms with Crippen LogP contribution >= 0.6 is 0 Å². The van der Waals surface area contributed by atoms with E-state index in [9.17, 15) is 29.7 Å². The van der Waals surface area contributed by atoms with Gasteiger partial charge in [-0.1, -0.05) is 95.3 Å². The van der Waals surface area contributed by atoms with Gasteiger partial charge in [0.1, 0.15) is 23.9 Å². The number of ether oxygens (including phenoxy) is 8. The van der Waals surface area contributed by atoms with E-state index in [0.717, 1.165) is 18.4 Å². The van der Waals surface area contributed by atoms with Crippen LogP contribution in [0.15, 0.2) is 35.5 Å². The molecule has 0 radical (unpaired) electrons. The molecule has 4 N–H and O–H groups in total. The number of amides is 1. The smallest absolute Gasteiger partial charge is 0.422 e. The van der Waals surface area contributed by atoms with Crippen LogP contribution in [-0.2, 0) is 58.9 Å². The number of aliphatic hydroxyl groups is 3. The predicted octanol–water partition coefficient (Wildman–Crippen LogP) is 7.30. The molecule has 3 heterocycles. The highest BCUT2D eigenvalue weighted by molar-refractivity contribution is 5.88. The number of carbonyl (C=O) groups excluding carboxylic acids is 3. The van der Waals surface area contributed by atoms with Gasteiger partial charge in [-0.25, -0.2) is 9.80 Å². The summed E-state index contributed by atoms with van der Waals surface area (Å²) in [5.74, 6) is -4.14. The Balaban J connectivity index is 1.60. The molecule has 0 aromatic heterocycles. The quantitative estimate of drug-likeness (QED) is 0.0520. The van der Waals surface area contributed by atoms with Gasteiger partial charge in [0.05, 0.1) is 53.8 Å². The zero-order chi connectivity index (χ0) is 56.3. The van der Waals surface area contributed by atoms with E-state index in [0.29, 0.717) is 31.2 Å². The van der Waals surface area contributed by atoms with Crippen molar-refractivity contribution in [1.82, 2.24) is 15.3 Å². The fourth-order valence-electron chi connectivity index (χ4n) is 12.3. The molecule has 1 aliphatic carbocycles. The van der Waals surface area contributed by atoms with Gasteiger partial charge >= 0.3 is 18.0 Å². The number of nitrogens with zero attached hydrogens (tertiary/aromatic N) is 3. The van der Waals surface area contributed by atoms with E-state index in [1.165, 1.54) is 53.1 Å². The molecule has 0 bridgehead atoms. The molecular formula is C57H96N4O15. The number of carbonyl (C=O) groups is 3. The van der Waals surface area contributed by atoms with Crippen molar-refractivity contribution in [2.24, 2.45) is 34.7 Å². The van der Waals surface area contributed by atoms with E-state index in [2.05, 4.69) is 5.43 Å². The molecule has 19 heteroatoms. The number of hydrogen-bond donors (Lipinski definition) is 4. The van der Waals surface area contributed by atoms with E-state index in [-0.39, 0.29) is 19.3 Å². The molecule has 0 spiro atoms. The maximum Gasteiger partial charge on any atom is 0.422 e. The molecule has 1 aromatic rings. The summed E-state index contributed by atoms with van der Waals surface area (Å²) in [5, 5.41) is 44.2. The predicted molar refractivity (Wildman–Crippen MR) is 285 cm³/mol. The fourth-order valence-corrected chi connectivity index (χ4v) is 12.3. The average molecular weight is 1080 g/mol. The van der Waals surface area contributed by atoms with Gasteiger partial charge in [0.2, 0.25) is 0 Å². The maximum atomic E-state index is 14.8. The monoisotopic (exact) mass is 1080 g/mol. The lowest BCUT2D eigenvalue weighted by Gasteiger charge is -2.49. The second kappa shape index (κ2) is 28.1. The number of rotatable bonds is 17. The molecule has 3 saturated heterocycles. The van der Waals surface area contributed by atoms with Crippen molar-refractivity contribution in [2.75, 3.05) is 34.9 Å². The molecule has 5 rings (SSSR count). The number of nitrogens with one attached hydrogen (secondary N) is 1. The van der Waals surface area contributed by atoms with Gasteiger partial charge in [0.25, 0.3) is 0 Å². The van der Waals surface area contributed by atoms with Crippen LogP contribution in [0, 0.1) is 29.6 Å². The summed E-state index contributed by atoms with van der Waals surface area (Å²) >= 11 is 0. The number of oxime groups is 1. The number of methoxy groups -OCH3 is 1. The molecule has 3 aliphatic heterocycles. The third kappa shape index (κ3) is 16.5. The third-order valence-electron chi connectivity index (χ3n) is 16.6. The SMILES string of the molecule is CC[C@H]1OC(=O)[C@H](C)[C@@H](O[C@H]2C[C@@](C)(OC)[C@@H](OC(C)=O)[C@H](C)O2)[C@H](C)[C@@H](O[C@@H]2O[C@H](C)C[C@H](N(C)C)[C@H]2OC(=O)NN(C)Cc2ccccc2)C(C)(O)C[C@@H](C)/C(=N\OCCCC2CCCCC2)[C@H](C)[C@@H](O)[C@]1(C)O. The van der Waals surface area contributed by atoms with Gasteiger partial charge < -0.3 is 63.0 Å². The first-order valence-electron chi connectivity index (χ1n) is 28.0. The Morgan fingerprint density at radius 1 is 0.882 bits per heavy atom. The largest absolute Gasteiger partial charge is 0.459 e. The van der Waals surface area contributed by atoms with Crippen LogP contribution in [0.5, 0.6) is 0 Å². The standard InChI is InChI=1S/C57H96N4O15/c1-16-44-57(11,67)49(63)36(4)46(59-69-29-23-28-41-24-19-17-20-25-41)34(2)31-55(9,66)50(37(5)47(38(6)52(64)73-44)74-45-32-56(10,68-15)51(39(7)71-45)72-40(8)62)76-53-48(43(60(12)13)30-35(3)70-53)75-54(65)58-61(14)33-42-26-21-18-22-27-42/h18,21-22,26-27,34-39,41,43-45,47-51,53,63,66-67H,16-17,19-20,23-25,28-33H2,1-15H3,(H,58,65)/b59-46+/t34-,35-,36+,37+,38-,39+,43+,44-,45+,47+,48-,49-,50-,51+,53+,55?,56-,57-/m1/s1. The molecule has 434 valence electrons. The van der Waals surface area contributed by atoms with Crippen LogP contribution in [0.25, 0.3) is 0 Å². The minimum Gasteiger partial charge on any atom is -0.459 e. The molecule has 18 atom stereocenters. The number of benzene rings is 1. The summed E-state index contributed by atoms with van der Waals surface area (Å²) in [6.45, 7) is 19.4. The van der Waals surface area contributed by atoms with Crippen LogP contribution in [0.2, 0.25) is 0 Å². The van der Waals surface area contributed by atoms with Crippen molar-refractivity contribution in [3.8, 4) is 0 Å². The molecule has 1 aromatic carbocycles. The minimum atomic E-state index is -1.98. The fraction of sp³-hybridized carbons (Fsp3) is 0.825. The third-order valence-corrected chi connectivity index (χ3v) is 16.6. The zero-order valence-electron chi connectivity index (χ0n) is 48.4. The highest BCUT2D eigenvalue weighted by atomic mass is 16.7. The molecule has 1 unspecified atom stereocenters. The summed E-state index contributed by atoms with van der Waals surface area (Å²) in [4.78, 5) is 49.1. The summed E-state index contributed by atoms with van der Waals surface area (Å²) < 4.78 is 51.5. The van der Waals surface area contributed by atoms with E-state index >= 15 is 0 Å². The second-order valence-electron chi connectivity index (χ2n) is 23.5. The Kier molecular flexibility index (Phi) is 23.4. The Morgan fingerprint density at radius 2 is 1.55 bits per heavy atom. The first kappa shape index (κ1) is 63.3. The maximum absolute atomic E-state index is 14.8. The topological polar surface area (TPSA) is 226 Å². The first-order valence-corrected chi connectivity index (χ1v) is 28.0. The highest BCUT2D eigenvalue weighted by Gasteiger charge is 2.55. The minimum absolute atomic E-state index is 0.0350. The number of hydrogen-bond acceptors (Lipinski definition) is 18. The molecule has 19 nitrogen and oxygen atoms in total. The summed E-state index contributed by atoms with van der Waals surface area (Å²) in [6.07, 6.45) is -2.60. The van der Waals surface area contributed by atoms with Crippen LogP contribution in [0.3, 0.4) is 0 Å². The van der Waals surface area contributed by atoms with Gasteiger partial charge in [-0.15, -0.1) is 0 Å². The Labute approximate surface area is 453 Å². The van der Waals surface area contributed by atoms with E-state index in [4.69, 9.17) is 47.9 Å². The van der Waals surface area contributed by atoms with Gasteiger partial charge in [0, 0.05) is 51.8 Å². The molecule has 1 amide bonds. The first-order chi connectivity index (χ1) is 35.7. The van der Waals surface area contributed by atoms with Crippen molar-refractivity contribution < 1.29 is 72.4 Å². The molecular weight excluding hydrogens is 981 g/mol. The average Bonchev–Trinajstić information content (AvgIpc) is 3.36. The lowest BCUT2D eigenvalue weighted by Crippen LogP contribution is -2.62. The van der Waals surface area contributed by atoms with Gasteiger partial charge in [-0.05, 0) is 99.2 Å².